The average molecular weight is 236 g/mol. The quantitative estimate of drug-likeness (QED) is 0.485. The lowest BCUT2D eigenvalue weighted by Gasteiger charge is -2.44. The average Bonchev–Trinajstić information content (AvgIpc) is 2.18. The lowest BCUT2D eigenvalue weighted by atomic mass is 9.78. The summed E-state index contributed by atoms with van der Waals surface area (Å²) < 4.78 is 5.27. The van der Waals surface area contributed by atoms with Crippen molar-refractivity contribution < 1.29 is 25.2 Å². The molecule has 0 fully saturated rings. The van der Waals surface area contributed by atoms with Gasteiger partial charge in [0.05, 0.1) is 12.7 Å². The number of aliphatic hydroxyl groups excluding tert-OH is 2. The van der Waals surface area contributed by atoms with Crippen molar-refractivity contribution in [1.82, 2.24) is 0 Å². The zero-order valence-electron chi connectivity index (χ0n) is 10.5. The fourth-order valence-electron chi connectivity index (χ4n) is 1.40. The Balaban J connectivity index is 4.83. The molecule has 0 heterocycles. The van der Waals surface area contributed by atoms with Crippen LogP contribution in [0, 0.1) is 0 Å². The first kappa shape index (κ1) is 15.8. The van der Waals surface area contributed by atoms with Crippen molar-refractivity contribution in [3.05, 3.63) is 0 Å². The molecule has 98 valence electrons. The Labute approximate surface area is 96.7 Å². The normalized spacial score (nSPS) is 23.2. The minimum absolute atomic E-state index is 0.372. The minimum Gasteiger partial charge on any atom is -0.394 e. The van der Waals surface area contributed by atoms with E-state index in [0.717, 1.165) is 6.42 Å². The molecule has 0 rings (SSSR count). The molecule has 0 saturated carbocycles. The van der Waals surface area contributed by atoms with Gasteiger partial charge in [-0.2, -0.15) is 0 Å². The first-order chi connectivity index (χ1) is 7.21. The predicted molar refractivity (Wildman–Crippen MR) is 60.0 cm³/mol. The molecular weight excluding hydrogens is 212 g/mol. The molecule has 0 aliphatic rings. The lowest BCUT2D eigenvalue weighted by Crippen LogP contribution is -2.64. The van der Waals surface area contributed by atoms with Crippen LogP contribution in [0.1, 0.15) is 34.1 Å². The van der Waals surface area contributed by atoms with Crippen molar-refractivity contribution in [1.29, 1.82) is 0 Å². The van der Waals surface area contributed by atoms with E-state index in [0.29, 0.717) is 6.61 Å². The molecule has 0 saturated heterocycles. The maximum Gasteiger partial charge on any atom is 0.121 e. The molecular formula is C11H24O5. The van der Waals surface area contributed by atoms with Gasteiger partial charge in [0.1, 0.15) is 17.3 Å². The van der Waals surface area contributed by atoms with Gasteiger partial charge in [-0.1, -0.05) is 6.92 Å². The fraction of sp³-hybridized carbons (Fsp3) is 1.00. The molecule has 0 aromatic heterocycles. The number of aliphatic hydroxyl groups is 4. The Morgan fingerprint density at radius 1 is 1.19 bits per heavy atom. The van der Waals surface area contributed by atoms with Gasteiger partial charge in [0.2, 0.25) is 0 Å². The van der Waals surface area contributed by atoms with Gasteiger partial charge >= 0.3 is 0 Å². The molecule has 0 spiro atoms. The molecule has 0 aliphatic heterocycles. The SMILES string of the molecule is CCCOC(CO)C(C)(O)C(C)(O)C(C)O. The molecule has 0 radical (unpaired) electrons. The third-order valence-corrected chi connectivity index (χ3v) is 3.15. The zero-order chi connectivity index (χ0) is 13.0. The Morgan fingerprint density at radius 2 is 1.69 bits per heavy atom. The summed E-state index contributed by atoms with van der Waals surface area (Å²) in [6.45, 7) is 5.89. The molecule has 0 aromatic carbocycles. The van der Waals surface area contributed by atoms with E-state index in [2.05, 4.69) is 0 Å². The van der Waals surface area contributed by atoms with Crippen molar-refractivity contribution in [2.45, 2.75) is 57.5 Å². The molecule has 0 bridgehead atoms. The molecule has 0 aromatic rings. The van der Waals surface area contributed by atoms with E-state index in [1.807, 2.05) is 6.92 Å². The van der Waals surface area contributed by atoms with Gasteiger partial charge in [-0.25, -0.2) is 0 Å². The van der Waals surface area contributed by atoms with E-state index in [9.17, 15) is 15.3 Å². The van der Waals surface area contributed by atoms with Crippen molar-refractivity contribution in [3.8, 4) is 0 Å². The van der Waals surface area contributed by atoms with Crippen LogP contribution in [0.5, 0.6) is 0 Å². The molecule has 4 N–H and O–H groups in total. The molecule has 0 aliphatic carbocycles. The first-order valence-corrected chi connectivity index (χ1v) is 5.57. The third-order valence-electron chi connectivity index (χ3n) is 3.15. The van der Waals surface area contributed by atoms with Crippen LogP contribution in [-0.2, 0) is 4.74 Å². The Kier molecular flexibility index (Phi) is 5.86. The summed E-state index contributed by atoms with van der Waals surface area (Å²) in [7, 11) is 0. The largest absolute Gasteiger partial charge is 0.394 e. The second kappa shape index (κ2) is 5.93. The molecule has 16 heavy (non-hydrogen) atoms. The highest BCUT2D eigenvalue weighted by Gasteiger charge is 2.51. The van der Waals surface area contributed by atoms with E-state index < -0.39 is 30.0 Å². The zero-order valence-corrected chi connectivity index (χ0v) is 10.5. The second-order valence-electron chi connectivity index (χ2n) is 4.51. The van der Waals surface area contributed by atoms with Crippen LogP contribution in [0.25, 0.3) is 0 Å². The van der Waals surface area contributed by atoms with Crippen LogP contribution in [0.2, 0.25) is 0 Å². The first-order valence-electron chi connectivity index (χ1n) is 5.57. The maximum absolute atomic E-state index is 10.2. The summed E-state index contributed by atoms with van der Waals surface area (Å²) in [5, 5.41) is 38.8. The molecule has 4 atom stereocenters. The van der Waals surface area contributed by atoms with Gasteiger partial charge in [0.15, 0.2) is 0 Å². The van der Waals surface area contributed by atoms with Gasteiger partial charge < -0.3 is 25.2 Å². The van der Waals surface area contributed by atoms with Crippen LogP contribution in [-0.4, -0.2) is 57.0 Å². The monoisotopic (exact) mass is 236 g/mol. The summed E-state index contributed by atoms with van der Waals surface area (Å²) in [5.74, 6) is 0. The number of rotatable bonds is 7. The van der Waals surface area contributed by atoms with Crippen molar-refractivity contribution in [2.75, 3.05) is 13.2 Å². The van der Waals surface area contributed by atoms with Crippen molar-refractivity contribution in [3.63, 3.8) is 0 Å². The van der Waals surface area contributed by atoms with E-state index in [1.165, 1.54) is 20.8 Å². The van der Waals surface area contributed by atoms with E-state index >= 15 is 0 Å². The predicted octanol–water partition coefficient (Wildman–Crippen LogP) is -0.343. The molecule has 0 amide bonds. The van der Waals surface area contributed by atoms with Gasteiger partial charge in [-0.15, -0.1) is 0 Å². The highest BCUT2D eigenvalue weighted by atomic mass is 16.5. The Morgan fingerprint density at radius 3 is 2.00 bits per heavy atom. The molecule has 4 unspecified atom stereocenters. The second-order valence-corrected chi connectivity index (χ2v) is 4.51. The smallest absolute Gasteiger partial charge is 0.121 e. The summed E-state index contributed by atoms with van der Waals surface area (Å²) >= 11 is 0. The van der Waals surface area contributed by atoms with Gasteiger partial charge in [-0.3, -0.25) is 0 Å². The molecule has 5 heteroatoms. The highest BCUT2D eigenvalue weighted by Crippen LogP contribution is 2.30. The van der Waals surface area contributed by atoms with Gasteiger partial charge in [0.25, 0.3) is 0 Å². The van der Waals surface area contributed by atoms with Gasteiger partial charge in [0, 0.05) is 6.61 Å². The Bertz CT molecular complexity index is 201. The number of hydrogen-bond donors (Lipinski definition) is 4. The number of hydrogen-bond acceptors (Lipinski definition) is 5. The standard InChI is InChI=1S/C11H24O5/c1-5-6-16-9(7-12)11(4,15)10(3,14)8(2)13/h8-9,12-15H,5-7H2,1-4H3. The van der Waals surface area contributed by atoms with E-state index in [1.54, 1.807) is 0 Å². The third kappa shape index (κ3) is 3.15. The lowest BCUT2D eigenvalue weighted by molar-refractivity contribution is -0.235. The molecule has 5 nitrogen and oxygen atoms in total. The van der Waals surface area contributed by atoms with Crippen LogP contribution < -0.4 is 0 Å². The maximum atomic E-state index is 10.2. The Hall–Kier alpha value is -0.200. The van der Waals surface area contributed by atoms with Crippen LogP contribution in [0.15, 0.2) is 0 Å². The highest BCUT2D eigenvalue weighted by molar-refractivity contribution is 5.02. The van der Waals surface area contributed by atoms with Crippen LogP contribution in [0.3, 0.4) is 0 Å². The fourth-order valence-corrected chi connectivity index (χ4v) is 1.40. The topological polar surface area (TPSA) is 90.2 Å². The van der Waals surface area contributed by atoms with E-state index in [-0.39, 0.29) is 0 Å². The summed E-state index contributed by atoms with van der Waals surface area (Å²) in [6, 6.07) is 0. The minimum atomic E-state index is -1.76. The van der Waals surface area contributed by atoms with E-state index in [4.69, 9.17) is 9.84 Å². The summed E-state index contributed by atoms with van der Waals surface area (Å²) in [5.41, 5.74) is -3.49. The number of ether oxygens (including phenoxy) is 1. The van der Waals surface area contributed by atoms with Crippen LogP contribution in [0.4, 0.5) is 0 Å². The van der Waals surface area contributed by atoms with Crippen LogP contribution >= 0.6 is 0 Å². The van der Waals surface area contributed by atoms with Crippen molar-refractivity contribution in [2.24, 2.45) is 0 Å². The van der Waals surface area contributed by atoms with Crippen molar-refractivity contribution >= 4 is 0 Å². The summed E-state index contributed by atoms with van der Waals surface area (Å²) in [4.78, 5) is 0. The summed E-state index contributed by atoms with van der Waals surface area (Å²) in [6.07, 6.45) is -1.33. The van der Waals surface area contributed by atoms with Gasteiger partial charge in [-0.05, 0) is 27.2 Å².